The Balaban J connectivity index is 1.61. The Morgan fingerprint density at radius 1 is 1.13 bits per heavy atom. The van der Waals surface area contributed by atoms with Crippen LogP contribution in [0.4, 0.5) is 5.69 Å². The van der Waals surface area contributed by atoms with E-state index in [1.54, 1.807) is 49.4 Å². The van der Waals surface area contributed by atoms with E-state index in [1.807, 2.05) is 0 Å². The number of nitrogens with two attached hydrogens (primary N) is 1. The minimum atomic E-state index is -3.52. The maximum atomic E-state index is 12.7. The molecule has 0 saturated carbocycles. The van der Waals surface area contributed by atoms with Gasteiger partial charge in [-0.05, 0) is 49.1 Å². The Bertz CT molecular complexity index is 1060. The predicted molar refractivity (Wildman–Crippen MR) is 117 cm³/mol. The first kappa shape index (κ1) is 22.3. The van der Waals surface area contributed by atoms with Gasteiger partial charge in [-0.15, -0.1) is 0 Å². The fraction of sp³-hybridized carbons (Fsp3) is 0.333. The lowest BCUT2D eigenvalue weighted by molar-refractivity contribution is -0.120. The van der Waals surface area contributed by atoms with Crippen molar-refractivity contribution in [1.82, 2.24) is 4.31 Å². The Morgan fingerprint density at radius 2 is 1.80 bits per heavy atom. The molecule has 1 fully saturated rings. The predicted octanol–water partition coefficient (Wildman–Crippen LogP) is 2.93. The molecule has 0 radical (unpaired) electrons. The molecule has 1 saturated heterocycles. The number of amides is 2. The number of primary amides is 1. The number of hydrogen-bond acceptors (Lipinski definition) is 4. The molecular weight excluding hydrogens is 426 g/mol. The van der Waals surface area contributed by atoms with Gasteiger partial charge in [-0.1, -0.05) is 35.9 Å². The fourth-order valence-electron chi connectivity index (χ4n) is 3.57. The Hall–Kier alpha value is -2.42. The van der Waals surface area contributed by atoms with E-state index in [2.05, 4.69) is 5.32 Å². The third kappa shape index (κ3) is 5.00. The second-order valence-electron chi connectivity index (χ2n) is 7.35. The number of carbonyl (C=O) groups is 2. The molecule has 0 spiro atoms. The zero-order valence-corrected chi connectivity index (χ0v) is 18.2. The third-order valence-electron chi connectivity index (χ3n) is 5.37. The van der Waals surface area contributed by atoms with E-state index >= 15 is 0 Å². The lowest BCUT2D eigenvalue weighted by atomic mass is 9.96. The zero-order chi connectivity index (χ0) is 21.9. The van der Waals surface area contributed by atoms with Crippen LogP contribution in [-0.2, 0) is 20.6 Å². The normalized spacial score (nSPS) is 15.7. The molecule has 30 heavy (non-hydrogen) atoms. The lowest BCUT2D eigenvalue weighted by Crippen LogP contribution is -2.42. The van der Waals surface area contributed by atoms with Crippen molar-refractivity contribution < 1.29 is 18.0 Å². The SMILES string of the molecule is Cc1c(NC(=O)C2CCN(S(=O)(=O)Cc3ccccc3Cl)CC2)cccc1C(N)=O. The molecule has 2 aromatic carbocycles. The summed E-state index contributed by atoms with van der Waals surface area (Å²) in [6.45, 7) is 2.26. The average molecular weight is 450 g/mol. The number of nitrogens with zero attached hydrogens (tertiary/aromatic N) is 1. The van der Waals surface area contributed by atoms with Crippen LogP contribution in [0.1, 0.15) is 34.3 Å². The van der Waals surface area contributed by atoms with Gasteiger partial charge in [0.15, 0.2) is 0 Å². The topological polar surface area (TPSA) is 110 Å². The molecule has 1 aliphatic rings. The summed E-state index contributed by atoms with van der Waals surface area (Å²) in [7, 11) is -3.52. The first-order valence-electron chi connectivity index (χ1n) is 9.60. The molecule has 9 heteroatoms. The zero-order valence-electron chi connectivity index (χ0n) is 16.6. The molecule has 2 amide bonds. The van der Waals surface area contributed by atoms with Crippen molar-refractivity contribution in [2.45, 2.75) is 25.5 Å². The van der Waals surface area contributed by atoms with Crippen LogP contribution in [0.5, 0.6) is 0 Å². The largest absolute Gasteiger partial charge is 0.366 e. The minimum absolute atomic E-state index is 0.164. The van der Waals surface area contributed by atoms with Crippen molar-refractivity contribution >= 4 is 39.1 Å². The van der Waals surface area contributed by atoms with Crippen LogP contribution < -0.4 is 11.1 Å². The number of halogens is 1. The summed E-state index contributed by atoms with van der Waals surface area (Å²) in [5.74, 6) is -1.22. The molecule has 160 valence electrons. The summed E-state index contributed by atoms with van der Waals surface area (Å²) < 4.78 is 26.9. The highest BCUT2D eigenvalue weighted by molar-refractivity contribution is 7.88. The number of piperidine rings is 1. The van der Waals surface area contributed by atoms with Gasteiger partial charge in [-0.2, -0.15) is 0 Å². The Morgan fingerprint density at radius 3 is 2.43 bits per heavy atom. The number of nitrogens with one attached hydrogen (secondary N) is 1. The van der Waals surface area contributed by atoms with Gasteiger partial charge in [-0.3, -0.25) is 9.59 Å². The summed E-state index contributed by atoms with van der Waals surface area (Å²) in [6, 6.07) is 11.8. The molecule has 0 aromatic heterocycles. The number of anilines is 1. The van der Waals surface area contributed by atoms with Gasteiger partial charge < -0.3 is 11.1 Å². The van der Waals surface area contributed by atoms with Gasteiger partial charge in [-0.25, -0.2) is 12.7 Å². The number of rotatable bonds is 6. The first-order valence-corrected chi connectivity index (χ1v) is 11.6. The van der Waals surface area contributed by atoms with Gasteiger partial charge in [0, 0.05) is 35.3 Å². The minimum Gasteiger partial charge on any atom is -0.366 e. The molecule has 3 rings (SSSR count). The molecule has 0 atom stereocenters. The highest BCUT2D eigenvalue weighted by Crippen LogP contribution is 2.26. The number of benzene rings is 2. The number of hydrogen-bond donors (Lipinski definition) is 2. The summed E-state index contributed by atoms with van der Waals surface area (Å²) in [4.78, 5) is 24.2. The molecule has 7 nitrogen and oxygen atoms in total. The maximum absolute atomic E-state index is 12.7. The smallest absolute Gasteiger partial charge is 0.249 e. The van der Waals surface area contributed by atoms with E-state index in [0.29, 0.717) is 40.2 Å². The van der Waals surface area contributed by atoms with Crippen LogP contribution >= 0.6 is 11.6 Å². The molecule has 2 aromatic rings. The maximum Gasteiger partial charge on any atom is 0.249 e. The highest BCUT2D eigenvalue weighted by Gasteiger charge is 2.31. The van der Waals surface area contributed by atoms with E-state index in [1.165, 1.54) is 4.31 Å². The molecule has 0 unspecified atom stereocenters. The summed E-state index contributed by atoms with van der Waals surface area (Å²) in [5.41, 5.74) is 7.41. The standard InChI is InChI=1S/C21H24ClN3O4S/c1-14-17(20(23)26)6-4-8-19(14)24-21(27)15-9-11-25(12-10-15)30(28,29)13-16-5-2-3-7-18(16)22/h2-8,15H,9-13H2,1H3,(H2,23,26)(H,24,27). The van der Waals surface area contributed by atoms with Crippen LogP contribution in [0.15, 0.2) is 42.5 Å². The van der Waals surface area contributed by atoms with E-state index < -0.39 is 15.9 Å². The Labute approximate surface area is 181 Å². The molecule has 1 aliphatic heterocycles. The summed E-state index contributed by atoms with van der Waals surface area (Å²) >= 11 is 6.09. The van der Waals surface area contributed by atoms with Crippen LogP contribution in [-0.4, -0.2) is 37.6 Å². The van der Waals surface area contributed by atoms with Crippen LogP contribution in [0.3, 0.4) is 0 Å². The van der Waals surface area contributed by atoms with E-state index in [4.69, 9.17) is 17.3 Å². The van der Waals surface area contributed by atoms with E-state index in [9.17, 15) is 18.0 Å². The van der Waals surface area contributed by atoms with Crippen molar-refractivity contribution in [2.24, 2.45) is 11.7 Å². The van der Waals surface area contributed by atoms with Crippen LogP contribution in [0.25, 0.3) is 0 Å². The van der Waals surface area contributed by atoms with Crippen LogP contribution in [0.2, 0.25) is 5.02 Å². The monoisotopic (exact) mass is 449 g/mol. The molecular formula is C21H24ClN3O4S. The number of carbonyl (C=O) groups excluding carboxylic acids is 2. The van der Waals surface area contributed by atoms with Gasteiger partial charge >= 0.3 is 0 Å². The molecule has 0 bridgehead atoms. The molecule has 1 heterocycles. The highest BCUT2D eigenvalue weighted by atomic mass is 35.5. The van der Waals surface area contributed by atoms with Crippen molar-refractivity contribution in [1.29, 1.82) is 0 Å². The quantitative estimate of drug-likeness (QED) is 0.706. The van der Waals surface area contributed by atoms with Gasteiger partial charge in [0.05, 0.1) is 5.75 Å². The third-order valence-corrected chi connectivity index (χ3v) is 7.57. The van der Waals surface area contributed by atoms with Gasteiger partial charge in [0.1, 0.15) is 0 Å². The summed E-state index contributed by atoms with van der Waals surface area (Å²) in [6.07, 6.45) is 0.838. The molecule has 0 aliphatic carbocycles. The van der Waals surface area contributed by atoms with Gasteiger partial charge in [0.2, 0.25) is 21.8 Å². The van der Waals surface area contributed by atoms with Gasteiger partial charge in [0.25, 0.3) is 0 Å². The summed E-state index contributed by atoms with van der Waals surface area (Å²) in [5, 5.41) is 3.26. The first-order chi connectivity index (χ1) is 14.2. The van der Waals surface area contributed by atoms with Crippen molar-refractivity contribution in [3.8, 4) is 0 Å². The molecule has 3 N–H and O–H groups in total. The fourth-order valence-corrected chi connectivity index (χ4v) is 5.45. The van der Waals surface area contributed by atoms with Crippen molar-refractivity contribution in [3.63, 3.8) is 0 Å². The second kappa shape index (κ2) is 9.16. The van der Waals surface area contributed by atoms with Crippen molar-refractivity contribution in [2.75, 3.05) is 18.4 Å². The average Bonchev–Trinajstić information content (AvgIpc) is 2.71. The Kier molecular flexibility index (Phi) is 6.80. The van der Waals surface area contributed by atoms with Crippen molar-refractivity contribution in [3.05, 3.63) is 64.2 Å². The van der Waals surface area contributed by atoms with Crippen LogP contribution in [0, 0.1) is 12.8 Å². The van der Waals surface area contributed by atoms with E-state index in [0.717, 1.165) is 0 Å². The second-order valence-corrected chi connectivity index (χ2v) is 9.73. The van der Waals surface area contributed by atoms with E-state index in [-0.39, 0.29) is 30.7 Å². The number of sulfonamides is 1. The lowest BCUT2D eigenvalue weighted by Gasteiger charge is -2.30.